The van der Waals surface area contributed by atoms with Crippen molar-refractivity contribution in [2.45, 2.75) is 25.2 Å². The summed E-state index contributed by atoms with van der Waals surface area (Å²) in [5, 5.41) is 3.07. The molecule has 1 aliphatic heterocycles. The molecule has 1 aliphatic rings. The molecule has 0 saturated carbocycles. The van der Waals surface area contributed by atoms with E-state index in [1.165, 1.54) is 12.1 Å². The van der Waals surface area contributed by atoms with E-state index in [0.29, 0.717) is 28.7 Å². The minimum Gasteiger partial charge on any atom is -0.328 e. The molecule has 3 aromatic rings. The van der Waals surface area contributed by atoms with Gasteiger partial charge in [0.15, 0.2) is 5.78 Å². The van der Waals surface area contributed by atoms with E-state index in [-0.39, 0.29) is 27.5 Å². The van der Waals surface area contributed by atoms with Crippen LogP contribution in [0.25, 0.3) is 0 Å². The second-order valence-electron chi connectivity index (χ2n) is 7.79. The van der Waals surface area contributed by atoms with E-state index in [9.17, 15) is 18.0 Å². The first-order chi connectivity index (χ1) is 16.2. The number of amides is 1. The number of fused-ring (bicyclic) bond motifs is 1. The maximum atomic E-state index is 13.1. The minimum absolute atomic E-state index is 0.0316. The third kappa shape index (κ3) is 4.60. The van der Waals surface area contributed by atoms with Gasteiger partial charge >= 0.3 is 0 Å². The number of sulfonamides is 1. The van der Waals surface area contributed by atoms with Crippen LogP contribution < -0.4 is 10.2 Å². The second-order valence-corrected chi connectivity index (χ2v) is 9.80. The third-order valence-electron chi connectivity index (χ3n) is 5.39. The number of benzene rings is 3. The lowest BCUT2D eigenvalue weighted by Crippen LogP contribution is -2.34. The number of hydrogen-bond donors (Lipinski definition) is 1. The Labute approximate surface area is 203 Å². The summed E-state index contributed by atoms with van der Waals surface area (Å²) in [5.41, 5.74) is 1.56. The van der Waals surface area contributed by atoms with E-state index in [2.05, 4.69) is 9.71 Å². The highest BCUT2D eigenvalue weighted by Gasteiger charge is 2.29. The molecule has 0 atom stereocenters. The molecule has 174 valence electrons. The monoisotopic (exact) mass is 495 g/mol. The number of halogens is 1. The molecule has 0 saturated heterocycles. The molecule has 1 heterocycles. The van der Waals surface area contributed by atoms with Crippen molar-refractivity contribution in [3.63, 3.8) is 0 Å². The Hall–Kier alpha value is -3.49. The number of nitrogens with one attached hydrogen (secondary N) is 1. The molecule has 0 aliphatic carbocycles. The lowest BCUT2D eigenvalue weighted by molar-refractivity contribution is 0.102. The summed E-state index contributed by atoms with van der Waals surface area (Å²) in [4.78, 5) is 27.9. The highest BCUT2D eigenvalue weighted by atomic mass is 35.5. The molecule has 1 N–H and O–H groups in total. The number of anilines is 2. The van der Waals surface area contributed by atoms with Crippen LogP contribution in [0.1, 0.15) is 46.5 Å². The highest BCUT2D eigenvalue weighted by molar-refractivity contribution is 7.90. The van der Waals surface area contributed by atoms with Crippen molar-refractivity contribution in [3.8, 4) is 0 Å². The lowest BCUT2D eigenvalue weighted by atomic mass is 10.0. The molecule has 34 heavy (non-hydrogen) atoms. The van der Waals surface area contributed by atoms with E-state index in [1.807, 2.05) is 11.8 Å². The number of rotatable bonds is 6. The van der Waals surface area contributed by atoms with Gasteiger partial charge in [-0.2, -0.15) is 8.42 Å². The van der Waals surface area contributed by atoms with E-state index in [4.69, 9.17) is 11.6 Å². The molecule has 0 aromatic heterocycles. The maximum absolute atomic E-state index is 13.1. The van der Waals surface area contributed by atoms with Crippen LogP contribution in [0.15, 0.2) is 76.0 Å². The molecule has 4 rings (SSSR count). The zero-order valence-electron chi connectivity index (χ0n) is 18.6. The van der Waals surface area contributed by atoms with Crippen LogP contribution in [0.3, 0.4) is 0 Å². The smallest absolute Gasteiger partial charge is 0.286 e. The normalized spacial score (nSPS) is 14.2. The van der Waals surface area contributed by atoms with Gasteiger partial charge in [0.2, 0.25) is 0 Å². The zero-order valence-corrected chi connectivity index (χ0v) is 20.2. The molecule has 3 aromatic carbocycles. The molecule has 0 radical (unpaired) electrons. The van der Waals surface area contributed by atoms with Crippen molar-refractivity contribution >= 4 is 50.5 Å². The van der Waals surface area contributed by atoms with E-state index < -0.39 is 15.9 Å². The fraction of sp³-hybridized carbons (Fsp3) is 0.160. The van der Waals surface area contributed by atoms with Gasteiger partial charge in [0.1, 0.15) is 10.7 Å². The Morgan fingerprint density at radius 3 is 2.44 bits per heavy atom. The number of carbonyl (C=O) groups excluding carboxylic acids is 2. The summed E-state index contributed by atoms with van der Waals surface area (Å²) in [7, 11) is -3.94. The van der Waals surface area contributed by atoms with E-state index in [0.717, 1.165) is 6.42 Å². The number of nitrogens with zero attached hydrogens (tertiary/aromatic N) is 2. The Balaban J connectivity index is 1.69. The molecule has 0 spiro atoms. The van der Waals surface area contributed by atoms with Crippen molar-refractivity contribution in [1.82, 2.24) is 0 Å². The van der Waals surface area contributed by atoms with Crippen LogP contribution in [0, 0.1) is 0 Å². The summed E-state index contributed by atoms with van der Waals surface area (Å²) in [5.74, 6) is -0.473. The van der Waals surface area contributed by atoms with Gasteiger partial charge in [0.05, 0.1) is 11.4 Å². The molecule has 7 nitrogen and oxygen atoms in total. The summed E-state index contributed by atoms with van der Waals surface area (Å²) in [6, 6.07) is 17.7. The van der Waals surface area contributed by atoms with Crippen molar-refractivity contribution in [1.29, 1.82) is 0 Å². The van der Waals surface area contributed by atoms with E-state index in [1.54, 1.807) is 61.5 Å². The predicted octanol–water partition coefficient (Wildman–Crippen LogP) is 5.16. The Morgan fingerprint density at radius 1 is 1.00 bits per heavy atom. The van der Waals surface area contributed by atoms with Gasteiger partial charge in [-0.15, -0.1) is 4.40 Å². The number of amidine groups is 1. The van der Waals surface area contributed by atoms with Crippen LogP contribution in [0.5, 0.6) is 0 Å². The summed E-state index contributed by atoms with van der Waals surface area (Å²) < 4.78 is 29.2. The standard InChI is InChI=1S/C25H22ClN3O4S/c1-3-13-29-16(2)28-34(32,33)23-14-18(9-12-22(23)29)25(31)27-21-11-10-19(26)15-20(21)24(30)17-7-5-4-6-8-17/h4-12,14-15H,3,13H2,1-2H3,(H,27,31). The fourth-order valence-electron chi connectivity index (χ4n) is 3.79. The first-order valence-electron chi connectivity index (χ1n) is 10.6. The van der Waals surface area contributed by atoms with Gasteiger partial charge in [0, 0.05) is 28.3 Å². The van der Waals surface area contributed by atoms with E-state index >= 15 is 0 Å². The summed E-state index contributed by atoms with van der Waals surface area (Å²) in [6.45, 7) is 4.22. The van der Waals surface area contributed by atoms with Gasteiger partial charge in [-0.3, -0.25) is 9.59 Å². The Kier molecular flexibility index (Phi) is 6.54. The Morgan fingerprint density at radius 2 is 1.74 bits per heavy atom. The van der Waals surface area contributed by atoms with Gasteiger partial charge in [0.25, 0.3) is 15.9 Å². The third-order valence-corrected chi connectivity index (χ3v) is 7.01. The maximum Gasteiger partial charge on any atom is 0.286 e. The van der Waals surface area contributed by atoms with Crippen LogP contribution >= 0.6 is 11.6 Å². The van der Waals surface area contributed by atoms with Crippen molar-refractivity contribution in [2.75, 3.05) is 16.8 Å². The van der Waals surface area contributed by atoms with Gasteiger partial charge < -0.3 is 10.2 Å². The molecule has 0 unspecified atom stereocenters. The fourth-order valence-corrected chi connectivity index (χ4v) is 5.23. The largest absolute Gasteiger partial charge is 0.328 e. The number of ketones is 1. The van der Waals surface area contributed by atoms with Crippen LogP contribution in [-0.4, -0.2) is 32.5 Å². The van der Waals surface area contributed by atoms with Crippen molar-refractivity contribution in [3.05, 3.63) is 88.4 Å². The summed E-state index contributed by atoms with van der Waals surface area (Å²) >= 11 is 6.12. The molecule has 1 amide bonds. The summed E-state index contributed by atoms with van der Waals surface area (Å²) in [6.07, 6.45) is 0.795. The predicted molar refractivity (Wildman–Crippen MR) is 134 cm³/mol. The van der Waals surface area contributed by atoms with Gasteiger partial charge in [-0.25, -0.2) is 0 Å². The van der Waals surface area contributed by atoms with Crippen LogP contribution in [0.2, 0.25) is 5.02 Å². The first-order valence-corrected chi connectivity index (χ1v) is 12.5. The topological polar surface area (TPSA) is 95.9 Å². The molecule has 9 heteroatoms. The van der Waals surface area contributed by atoms with Crippen LogP contribution in [-0.2, 0) is 10.0 Å². The second kappa shape index (κ2) is 9.40. The average molecular weight is 496 g/mol. The molecule has 0 fully saturated rings. The lowest BCUT2D eigenvalue weighted by Gasteiger charge is -2.29. The zero-order chi connectivity index (χ0) is 24.5. The highest BCUT2D eigenvalue weighted by Crippen LogP contribution is 2.33. The van der Waals surface area contributed by atoms with Gasteiger partial charge in [-0.1, -0.05) is 48.9 Å². The van der Waals surface area contributed by atoms with Gasteiger partial charge in [-0.05, 0) is 49.7 Å². The quantitative estimate of drug-likeness (QED) is 0.476. The SMILES string of the molecule is CCCN1C(C)=NS(=O)(=O)c2cc(C(=O)Nc3ccc(Cl)cc3C(=O)c3ccccc3)ccc21. The van der Waals surface area contributed by atoms with Crippen LogP contribution in [0.4, 0.5) is 11.4 Å². The first kappa shape index (κ1) is 23.7. The van der Waals surface area contributed by atoms with Crippen molar-refractivity contribution < 1.29 is 18.0 Å². The number of carbonyl (C=O) groups is 2. The Bertz CT molecular complexity index is 1420. The molecule has 0 bridgehead atoms. The molecular formula is C25H22ClN3O4S. The van der Waals surface area contributed by atoms with Crippen molar-refractivity contribution in [2.24, 2.45) is 4.40 Å². The minimum atomic E-state index is -3.94. The number of hydrogen-bond acceptors (Lipinski definition) is 5. The molecular weight excluding hydrogens is 474 g/mol. The average Bonchev–Trinajstić information content (AvgIpc) is 2.82.